The van der Waals surface area contributed by atoms with Crippen LogP contribution in [0, 0.1) is 6.92 Å². The molecule has 0 bridgehead atoms. The Morgan fingerprint density at radius 3 is 2.84 bits per heavy atom. The van der Waals surface area contributed by atoms with Gasteiger partial charge in [-0.15, -0.1) is 0 Å². The van der Waals surface area contributed by atoms with Crippen LogP contribution in [0.2, 0.25) is 0 Å². The molecule has 0 unspecified atom stereocenters. The van der Waals surface area contributed by atoms with E-state index in [1.807, 2.05) is 43.3 Å². The van der Waals surface area contributed by atoms with Crippen LogP contribution in [0.25, 0.3) is 0 Å². The lowest BCUT2D eigenvalue weighted by Gasteiger charge is -2.38. The number of fused-ring (bicyclic) bond motifs is 1. The summed E-state index contributed by atoms with van der Waals surface area (Å²) < 4.78 is 11.4. The largest absolute Gasteiger partial charge is 0.497 e. The molecule has 5 nitrogen and oxygen atoms in total. The Morgan fingerprint density at radius 1 is 1.32 bits per heavy atom. The van der Waals surface area contributed by atoms with Crippen LogP contribution >= 0.6 is 12.2 Å². The first-order valence-electron chi connectivity index (χ1n) is 8.24. The van der Waals surface area contributed by atoms with E-state index in [0.717, 1.165) is 35.0 Å². The maximum Gasteiger partial charge on any atom is 0.172 e. The highest BCUT2D eigenvalue weighted by Crippen LogP contribution is 2.41. The fourth-order valence-electron chi connectivity index (χ4n) is 3.01. The Kier molecular flexibility index (Phi) is 4.81. The van der Waals surface area contributed by atoms with Crippen molar-refractivity contribution in [3.05, 3.63) is 47.7 Å². The number of aromatic nitrogens is 1. The van der Waals surface area contributed by atoms with Gasteiger partial charge >= 0.3 is 0 Å². The van der Waals surface area contributed by atoms with Crippen LogP contribution in [-0.2, 0) is 0 Å². The fourth-order valence-corrected chi connectivity index (χ4v) is 3.26. The molecule has 132 valence electrons. The summed E-state index contributed by atoms with van der Waals surface area (Å²) in [5.74, 6) is 2.38. The summed E-state index contributed by atoms with van der Waals surface area (Å²) in [6.45, 7) is 6.10. The number of methoxy groups -OCH3 is 1. The molecule has 0 radical (unpaired) electrons. The predicted octanol–water partition coefficient (Wildman–Crippen LogP) is 3.99. The smallest absolute Gasteiger partial charge is 0.172 e. The van der Waals surface area contributed by atoms with Gasteiger partial charge in [-0.3, -0.25) is 0 Å². The van der Waals surface area contributed by atoms with E-state index in [1.54, 1.807) is 7.11 Å². The second kappa shape index (κ2) is 6.88. The van der Waals surface area contributed by atoms with Crippen molar-refractivity contribution in [2.24, 2.45) is 0 Å². The number of anilines is 1. The van der Waals surface area contributed by atoms with Crippen LogP contribution in [0.5, 0.6) is 11.5 Å². The Labute approximate surface area is 153 Å². The molecule has 1 atom stereocenters. The van der Waals surface area contributed by atoms with Crippen molar-refractivity contribution in [3.63, 3.8) is 0 Å². The van der Waals surface area contributed by atoms with Gasteiger partial charge in [0.25, 0.3) is 0 Å². The Morgan fingerprint density at radius 2 is 2.12 bits per heavy atom. The highest BCUT2D eigenvalue weighted by Gasteiger charge is 2.34. The van der Waals surface area contributed by atoms with Crippen LogP contribution in [-0.4, -0.2) is 22.8 Å². The molecule has 6 heteroatoms. The van der Waals surface area contributed by atoms with E-state index in [1.165, 1.54) is 0 Å². The molecule has 1 aromatic carbocycles. The number of pyridine rings is 1. The molecule has 0 spiro atoms. The monoisotopic (exact) mass is 357 g/mol. The molecule has 1 aliphatic heterocycles. The molecule has 0 amide bonds. The summed E-state index contributed by atoms with van der Waals surface area (Å²) in [5, 5.41) is 7.09. The Balaban J connectivity index is 1.80. The molecule has 0 saturated heterocycles. The van der Waals surface area contributed by atoms with Gasteiger partial charge in [-0.05, 0) is 63.3 Å². The van der Waals surface area contributed by atoms with Crippen molar-refractivity contribution in [2.75, 3.05) is 12.4 Å². The van der Waals surface area contributed by atoms with Gasteiger partial charge in [-0.2, -0.15) is 0 Å². The third-order valence-corrected chi connectivity index (χ3v) is 4.33. The molecule has 25 heavy (non-hydrogen) atoms. The molecular formula is C19H23N3O2S. The van der Waals surface area contributed by atoms with Gasteiger partial charge in [0.2, 0.25) is 0 Å². The molecule has 3 rings (SSSR count). The van der Waals surface area contributed by atoms with Crippen LogP contribution in [0.1, 0.15) is 37.6 Å². The van der Waals surface area contributed by atoms with Crippen molar-refractivity contribution in [1.29, 1.82) is 0 Å². The number of thiocarbonyl (C=S) groups is 1. The first-order valence-corrected chi connectivity index (χ1v) is 8.65. The lowest BCUT2D eigenvalue weighted by Crippen LogP contribution is -2.42. The molecule has 2 N–H and O–H groups in total. The summed E-state index contributed by atoms with van der Waals surface area (Å²) in [6, 6.07) is 11.7. The minimum atomic E-state index is -0.281. The third-order valence-electron chi connectivity index (χ3n) is 4.11. The van der Waals surface area contributed by atoms with Crippen molar-refractivity contribution in [3.8, 4) is 11.5 Å². The van der Waals surface area contributed by atoms with Crippen molar-refractivity contribution in [2.45, 2.75) is 38.8 Å². The van der Waals surface area contributed by atoms with E-state index in [2.05, 4.69) is 29.5 Å². The quantitative estimate of drug-likeness (QED) is 0.810. The zero-order chi connectivity index (χ0) is 18.0. The number of rotatable bonds is 3. The van der Waals surface area contributed by atoms with Crippen molar-refractivity contribution >= 4 is 23.1 Å². The SMILES string of the molecule is COc1ccc2c(c1)[C@@H](NC(=S)Nc1cccc(C)n1)CC(C)(C)O2. The number of nitrogens with one attached hydrogen (secondary N) is 2. The zero-order valence-corrected chi connectivity index (χ0v) is 15.7. The van der Waals surface area contributed by atoms with Crippen LogP contribution in [0.3, 0.4) is 0 Å². The second-order valence-electron chi connectivity index (χ2n) is 6.78. The first kappa shape index (κ1) is 17.5. The minimum absolute atomic E-state index is 0.0265. The van der Waals surface area contributed by atoms with E-state index in [4.69, 9.17) is 21.7 Å². The minimum Gasteiger partial charge on any atom is -0.497 e. The Hall–Kier alpha value is -2.34. The van der Waals surface area contributed by atoms with Gasteiger partial charge in [0.1, 0.15) is 22.9 Å². The topological polar surface area (TPSA) is 55.4 Å². The van der Waals surface area contributed by atoms with E-state index in [-0.39, 0.29) is 11.6 Å². The molecule has 2 aromatic rings. The van der Waals surface area contributed by atoms with Crippen LogP contribution in [0.15, 0.2) is 36.4 Å². The number of hydrogen-bond acceptors (Lipinski definition) is 4. The maximum absolute atomic E-state index is 6.09. The number of nitrogens with zero attached hydrogens (tertiary/aromatic N) is 1. The average molecular weight is 357 g/mol. The molecular weight excluding hydrogens is 334 g/mol. The molecule has 1 aliphatic rings. The standard InChI is InChI=1S/C19H23N3O2S/c1-12-6-5-7-17(20-12)22-18(25)21-15-11-19(2,3)24-16-9-8-13(23-4)10-14(15)16/h5-10,15H,11H2,1-4H3,(H2,20,21,22,25)/t15-/m0/s1. The van der Waals surface area contributed by atoms with Gasteiger partial charge in [-0.1, -0.05) is 6.07 Å². The van der Waals surface area contributed by atoms with Crippen LogP contribution in [0.4, 0.5) is 5.82 Å². The molecule has 0 fully saturated rings. The highest BCUT2D eigenvalue weighted by molar-refractivity contribution is 7.80. The molecule has 0 saturated carbocycles. The lowest BCUT2D eigenvalue weighted by molar-refractivity contribution is 0.0695. The van der Waals surface area contributed by atoms with Crippen molar-refractivity contribution in [1.82, 2.24) is 10.3 Å². The van der Waals surface area contributed by atoms with Gasteiger partial charge in [0.15, 0.2) is 5.11 Å². The average Bonchev–Trinajstić information content (AvgIpc) is 2.53. The summed E-state index contributed by atoms with van der Waals surface area (Å²) in [4.78, 5) is 4.42. The molecule has 2 heterocycles. The normalized spacial score (nSPS) is 17.8. The van der Waals surface area contributed by atoms with Gasteiger partial charge in [0, 0.05) is 17.7 Å². The molecule has 0 aliphatic carbocycles. The maximum atomic E-state index is 6.09. The molecule has 1 aromatic heterocycles. The predicted molar refractivity (Wildman–Crippen MR) is 103 cm³/mol. The van der Waals surface area contributed by atoms with E-state index < -0.39 is 0 Å². The van der Waals surface area contributed by atoms with Crippen molar-refractivity contribution < 1.29 is 9.47 Å². The summed E-state index contributed by atoms with van der Waals surface area (Å²) in [6.07, 6.45) is 0.788. The second-order valence-corrected chi connectivity index (χ2v) is 7.19. The highest BCUT2D eigenvalue weighted by atomic mass is 32.1. The lowest BCUT2D eigenvalue weighted by atomic mass is 9.89. The van der Waals surface area contributed by atoms with Gasteiger partial charge < -0.3 is 20.1 Å². The van der Waals surface area contributed by atoms with E-state index in [0.29, 0.717) is 5.11 Å². The first-order chi connectivity index (χ1) is 11.9. The number of benzene rings is 1. The number of hydrogen-bond donors (Lipinski definition) is 2. The van der Waals surface area contributed by atoms with E-state index >= 15 is 0 Å². The number of ether oxygens (including phenoxy) is 2. The summed E-state index contributed by atoms with van der Waals surface area (Å²) in [5.41, 5.74) is 1.70. The van der Waals surface area contributed by atoms with Gasteiger partial charge in [-0.25, -0.2) is 4.98 Å². The Bertz CT molecular complexity index is 792. The van der Waals surface area contributed by atoms with Gasteiger partial charge in [0.05, 0.1) is 13.2 Å². The van der Waals surface area contributed by atoms with E-state index in [9.17, 15) is 0 Å². The van der Waals surface area contributed by atoms with Crippen LogP contribution < -0.4 is 20.1 Å². The fraction of sp³-hybridized carbons (Fsp3) is 0.368. The summed E-state index contributed by atoms with van der Waals surface area (Å²) in [7, 11) is 1.66. The third kappa shape index (κ3) is 4.20. The number of aryl methyl sites for hydroxylation is 1. The zero-order valence-electron chi connectivity index (χ0n) is 14.9. The summed E-state index contributed by atoms with van der Waals surface area (Å²) >= 11 is 5.49.